The number of hydrogen-bond acceptors (Lipinski definition) is 7. The van der Waals surface area contributed by atoms with Gasteiger partial charge >= 0.3 is 18.2 Å². The number of carbonyl (C=O) groups is 4. The second-order valence-electron chi connectivity index (χ2n) is 8.87. The minimum absolute atomic E-state index is 0.158. The van der Waals surface area contributed by atoms with E-state index in [0.717, 1.165) is 18.4 Å². The molecule has 2 N–H and O–H groups in total. The molecule has 2 aromatic rings. The van der Waals surface area contributed by atoms with Crippen LogP contribution in [0.15, 0.2) is 35.0 Å². The third-order valence-electron chi connectivity index (χ3n) is 4.68. The molecule has 37 heavy (non-hydrogen) atoms. The Hall–Kier alpha value is -3.68. The third kappa shape index (κ3) is 7.90. The molecule has 1 heterocycles. The van der Waals surface area contributed by atoms with E-state index in [9.17, 15) is 36.7 Å². The van der Waals surface area contributed by atoms with Gasteiger partial charge in [0.25, 0.3) is 11.8 Å². The highest BCUT2D eigenvalue weighted by molar-refractivity contribution is 7.08. The molecule has 9 nitrogen and oxygen atoms in total. The van der Waals surface area contributed by atoms with Crippen LogP contribution in [0.5, 0.6) is 0 Å². The van der Waals surface area contributed by atoms with E-state index >= 15 is 0 Å². The molecule has 1 aromatic carbocycles. The number of alkyl halides is 3. The van der Waals surface area contributed by atoms with Crippen molar-refractivity contribution < 1.29 is 46.2 Å². The minimum Gasteiger partial charge on any atom is -0.444 e. The first kappa shape index (κ1) is 29.5. The number of nitrogens with one attached hydrogen (secondary N) is 2. The molecule has 0 saturated carbocycles. The van der Waals surface area contributed by atoms with Gasteiger partial charge in [0.15, 0.2) is 0 Å². The van der Waals surface area contributed by atoms with Crippen LogP contribution < -0.4 is 10.7 Å². The summed E-state index contributed by atoms with van der Waals surface area (Å²) in [6.07, 6.45) is -5.95. The Balaban J connectivity index is 2.22. The second kappa shape index (κ2) is 11.2. The number of alkyl carbamates (subject to hydrolysis) is 1. The number of amides is 3. The number of likely N-dealkylation sites (N-methyl/N-ethyl adjacent to an activating group) is 1. The summed E-state index contributed by atoms with van der Waals surface area (Å²) in [6, 6.07) is 2.92. The van der Waals surface area contributed by atoms with E-state index in [1.807, 2.05) is 5.43 Å². The van der Waals surface area contributed by atoms with Crippen molar-refractivity contribution in [1.29, 1.82) is 0 Å². The second-order valence-corrected chi connectivity index (χ2v) is 9.65. The van der Waals surface area contributed by atoms with Gasteiger partial charge in [-0.05, 0) is 62.7 Å². The van der Waals surface area contributed by atoms with Crippen molar-refractivity contribution in [3.63, 3.8) is 0 Å². The Morgan fingerprint density at radius 1 is 1.03 bits per heavy atom. The zero-order chi connectivity index (χ0) is 28.2. The van der Waals surface area contributed by atoms with Crippen molar-refractivity contribution in [2.24, 2.45) is 0 Å². The van der Waals surface area contributed by atoms with E-state index in [1.165, 1.54) is 18.4 Å². The molecule has 202 valence electrons. The molecule has 2 rings (SSSR count). The predicted molar refractivity (Wildman–Crippen MR) is 124 cm³/mol. The van der Waals surface area contributed by atoms with Gasteiger partial charge in [0.1, 0.15) is 18.0 Å². The minimum atomic E-state index is -5.04. The van der Waals surface area contributed by atoms with Crippen LogP contribution in [0.25, 0.3) is 0 Å². The highest BCUT2D eigenvalue weighted by Crippen LogP contribution is 2.33. The van der Waals surface area contributed by atoms with Gasteiger partial charge in [-0.3, -0.25) is 24.8 Å². The van der Waals surface area contributed by atoms with Crippen LogP contribution in [-0.2, 0) is 30.8 Å². The van der Waals surface area contributed by atoms with E-state index in [2.05, 4.69) is 5.32 Å². The lowest BCUT2D eigenvalue weighted by Gasteiger charge is -2.32. The average molecular weight is 548 g/mol. The van der Waals surface area contributed by atoms with E-state index in [4.69, 9.17) is 9.47 Å². The number of hydrazine groups is 1. The number of rotatable bonds is 6. The fourth-order valence-electron chi connectivity index (χ4n) is 3.02. The normalized spacial score (nSPS) is 13.2. The predicted octanol–water partition coefficient (Wildman–Crippen LogP) is 3.99. The number of benzene rings is 1. The fourth-order valence-corrected chi connectivity index (χ4v) is 3.77. The van der Waals surface area contributed by atoms with Gasteiger partial charge in [-0.15, -0.1) is 0 Å². The summed E-state index contributed by atoms with van der Waals surface area (Å²) in [7, 11) is 1.04. The summed E-state index contributed by atoms with van der Waals surface area (Å²) in [5, 5.41) is 5.82. The van der Waals surface area contributed by atoms with Crippen molar-refractivity contribution in [2.45, 2.75) is 45.1 Å². The van der Waals surface area contributed by atoms with Gasteiger partial charge in [-0.25, -0.2) is 9.18 Å². The molecule has 0 radical (unpaired) electrons. The van der Waals surface area contributed by atoms with Crippen LogP contribution in [0.1, 0.15) is 49.2 Å². The number of thiophene rings is 1. The van der Waals surface area contributed by atoms with E-state index in [0.29, 0.717) is 17.1 Å². The largest absolute Gasteiger partial charge is 0.444 e. The summed E-state index contributed by atoms with van der Waals surface area (Å²) in [6.45, 7) is 5.40. The van der Waals surface area contributed by atoms with Crippen LogP contribution in [0.2, 0.25) is 0 Å². The molecule has 3 amide bonds. The topological polar surface area (TPSA) is 114 Å². The lowest BCUT2D eigenvalue weighted by molar-refractivity contribution is -0.173. The first-order valence-corrected chi connectivity index (χ1v) is 11.6. The average Bonchev–Trinajstić information content (AvgIpc) is 3.31. The Bertz CT molecular complexity index is 1160. The van der Waals surface area contributed by atoms with Crippen LogP contribution in [-0.4, -0.2) is 48.1 Å². The summed E-state index contributed by atoms with van der Waals surface area (Å²) in [4.78, 5) is 50.1. The molecule has 0 bridgehead atoms. The summed E-state index contributed by atoms with van der Waals surface area (Å²) < 4.78 is 63.7. The lowest BCUT2D eigenvalue weighted by atomic mass is 9.97. The summed E-state index contributed by atoms with van der Waals surface area (Å²) >= 11 is 1.16. The zero-order valence-electron chi connectivity index (χ0n) is 20.5. The molecule has 0 aliphatic heterocycles. The number of carbonyl (C=O) groups excluding carboxylic acids is 4. The van der Waals surface area contributed by atoms with Crippen LogP contribution >= 0.6 is 11.3 Å². The SMILES string of the molecule is CN(NC(=O)c1ccc(F)cc1C(F)(F)F)C(=O)C(C)(OC(=O)CNC(=O)OC(C)(C)C)c1ccsc1. The smallest absolute Gasteiger partial charge is 0.417 e. The van der Waals surface area contributed by atoms with Gasteiger partial charge in [0, 0.05) is 12.6 Å². The molecule has 1 atom stereocenters. The van der Waals surface area contributed by atoms with Crippen molar-refractivity contribution in [3.8, 4) is 0 Å². The Morgan fingerprint density at radius 3 is 2.22 bits per heavy atom. The van der Waals surface area contributed by atoms with E-state index < -0.39 is 64.7 Å². The summed E-state index contributed by atoms with van der Waals surface area (Å²) in [5.74, 6) is -4.62. The first-order chi connectivity index (χ1) is 16.9. The lowest BCUT2D eigenvalue weighted by Crippen LogP contribution is -2.53. The van der Waals surface area contributed by atoms with Crippen molar-refractivity contribution in [3.05, 3.63) is 57.5 Å². The quantitative estimate of drug-likeness (QED) is 0.321. The Morgan fingerprint density at radius 2 is 1.68 bits per heavy atom. The monoisotopic (exact) mass is 547 g/mol. The Labute approximate surface area is 213 Å². The zero-order valence-corrected chi connectivity index (χ0v) is 21.3. The fraction of sp³-hybridized carbons (Fsp3) is 0.391. The molecular weight excluding hydrogens is 522 g/mol. The number of esters is 1. The maximum Gasteiger partial charge on any atom is 0.417 e. The van der Waals surface area contributed by atoms with Gasteiger partial charge in [0.2, 0.25) is 5.60 Å². The van der Waals surface area contributed by atoms with Crippen LogP contribution in [0.3, 0.4) is 0 Å². The van der Waals surface area contributed by atoms with Crippen LogP contribution in [0.4, 0.5) is 22.4 Å². The van der Waals surface area contributed by atoms with Crippen molar-refractivity contribution in [1.82, 2.24) is 15.8 Å². The molecule has 1 aromatic heterocycles. The maximum absolute atomic E-state index is 13.4. The first-order valence-electron chi connectivity index (χ1n) is 10.6. The molecular formula is C23H25F4N3O6S. The molecule has 0 aliphatic carbocycles. The number of hydrogen-bond donors (Lipinski definition) is 2. The maximum atomic E-state index is 13.4. The number of nitrogens with zero attached hydrogens (tertiary/aromatic N) is 1. The van der Waals surface area contributed by atoms with Gasteiger partial charge < -0.3 is 14.8 Å². The van der Waals surface area contributed by atoms with Crippen molar-refractivity contribution in [2.75, 3.05) is 13.6 Å². The third-order valence-corrected chi connectivity index (χ3v) is 5.36. The Kier molecular flexibility index (Phi) is 8.91. The summed E-state index contributed by atoms with van der Waals surface area (Å²) in [5.41, 5.74) is -3.14. The number of ether oxygens (including phenoxy) is 2. The van der Waals surface area contributed by atoms with Crippen LogP contribution in [0, 0.1) is 5.82 Å². The van der Waals surface area contributed by atoms with Gasteiger partial charge in [0.05, 0.1) is 11.1 Å². The van der Waals surface area contributed by atoms with E-state index in [-0.39, 0.29) is 11.6 Å². The van der Waals surface area contributed by atoms with Crippen molar-refractivity contribution >= 4 is 35.2 Å². The highest BCUT2D eigenvalue weighted by atomic mass is 32.1. The molecule has 0 spiro atoms. The molecule has 0 fully saturated rings. The molecule has 14 heteroatoms. The molecule has 0 aliphatic rings. The standard InChI is InChI=1S/C23H25F4N3O6S/c1-21(2,3)36-20(34)28-11-17(31)35-22(4,13-8-9-37-12-13)19(33)30(5)29-18(32)15-7-6-14(24)10-16(15)23(25,26)27/h6-10,12H,11H2,1-5H3,(H,28,34)(H,29,32). The highest BCUT2D eigenvalue weighted by Gasteiger charge is 2.43. The van der Waals surface area contributed by atoms with Gasteiger partial charge in [-0.1, -0.05) is 0 Å². The van der Waals surface area contributed by atoms with Gasteiger partial charge in [-0.2, -0.15) is 24.5 Å². The number of halogens is 4. The molecule has 1 unspecified atom stereocenters. The molecule has 0 saturated heterocycles. The van der Waals surface area contributed by atoms with E-state index in [1.54, 1.807) is 26.2 Å².